The number of esters is 1. The molecular formula is C28H30FN4O9P. The van der Waals surface area contributed by atoms with E-state index in [1.54, 1.807) is 24.4 Å². The summed E-state index contributed by atoms with van der Waals surface area (Å²) >= 11 is 0. The van der Waals surface area contributed by atoms with Crippen molar-refractivity contribution in [3.63, 3.8) is 0 Å². The smallest absolute Gasteiger partial charge is 0.459 e. The summed E-state index contributed by atoms with van der Waals surface area (Å²) in [5.74, 6) is -0.619. The highest BCUT2D eigenvalue weighted by atomic mass is 31.2. The van der Waals surface area contributed by atoms with Gasteiger partial charge in [0.25, 0.3) is 5.56 Å². The number of para-hydroxylation sites is 2. The Kier molecular flexibility index (Phi) is 8.67. The fourth-order valence-corrected chi connectivity index (χ4v) is 6.38. The second kappa shape index (κ2) is 12.3. The van der Waals surface area contributed by atoms with Crippen molar-refractivity contribution < 1.29 is 37.4 Å². The molecule has 228 valence electrons. The van der Waals surface area contributed by atoms with Gasteiger partial charge in [0.2, 0.25) is 0 Å². The van der Waals surface area contributed by atoms with Crippen molar-refractivity contribution in [1.29, 1.82) is 0 Å². The zero-order valence-corrected chi connectivity index (χ0v) is 24.0. The molecule has 1 fully saturated rings. The number of hydrogen-bond acceptors (Lipinski definition) is 9. The molecule has 3 heterocycles. The second-order valence-corrected chi connectivity index (χ2v) is 11.8. The summed E-state index contributed by atoms with van der Waals surface area (Å²) in [6.45, 7) is 0.347. The first-order valence-corrected chi connectivity index (χ1v) is 14.8. The van der Waals surface area contributed by atoms with Gasteiger partial charge >= 0.3 is 19.4 Å². The lowest BCUT2D eigenvalue weighted by molar-refractivity contribution is -0.142. The average molecular weight is 617 g/mol. The number of H-pyrrole nitrogens is 2. The van der Waals surface area contributed by atoms with Crippen LogP contribution >= 0.6 is 7.75 Å². The van der Waals surface area contributed by atoms with E-state index in [1.165, 1.54) is 19.2 Å². The number of nitrogens with zero attached hydrogens (tertiary/aromatic N) is 1. The van der Waals surface area contributed by atoms with Crippen LogP contribution in [0.4, 0.5) is 4.39 Å². The Morgan fingerprint density at radius 3 is 2.63 bits per heavy atom. The number of halogens is 1. The lowest BCUT2D eigenvalue weighted by Gasteiger charge is -2.26. The van der Waals surface area contributed by atoms with E-state index < -0.39 is 61.7 Å². The minimum Gasteiger partial charge on any atom is -0.468 e. The maximum absolute atomic E-state index is 15.7. The third-order valence-electron chi connectivity index (χ3n) is 7.10. The van der Waals surface area contributed by atoms with E-state index in [-0.39, 0.29) is 12.2 Å². The standard InChI is InChI=1S/C28H30FN4O9P/c1-28(29)24(35)22(41-26(28)33-13-12-23(34)31-27(33)37)16-40-43(38,42-18-8-4-3-5-9-18)32-21(25(36)39-2)14-17-15-30-20-11-7-6-10-19(17)20/h3-13,15,21-22,24,26,30,35H,14,16H2,1-2H3,(H,32,38)(H,31,34,37)/t21-,22+,24+,26+,28+,43?/m0/s1. The van der Waals surface area contributed by atoms with Gasteiger partial charge in [0.1, 0.15) is 24.0 Å². The number of aliphatic hydroxyl groups excluding tert-OH is 1. The van der Waals surface area contributed by atoms with Crippen LogP contribution in [-0.2, 0) is 29.8 Å². The third-order valence-corrected chi connectivity index (χ3v) is 8.67. The highest BCUT2D eigenvalue weighted by molar-refractivity contribution is 7.52. The first kappa shape index (κ1) is 30.4. The molecule has 0 bridgehead atoms. The Morgan fingerprint density at radius 2 is 1.91 bits per heavy atom. The molecule has 43 heavy (non-hydrogen) atoms. The number of benzene rings is 2. The van der Waals surface area contributed by atoms with Gasteiger partial charge in [-0.05, 0) is 30.7 Å². The molecule has 1 unspecified atom stereocenters. The van der Waals surface area contributed by atoms with Crippen LogP contribution in [0.2, 0.25) is 0 Å². The molecule has 1 aliphatic heterocycles. The number of fused-ring (bicyclic) bond motifs is 1. The molecule has 13 nitrogen and oxygen atoms in total. The van der Waals surface area contributed by atoms with E-state index in [1.807, 2.05) is 29.2 Å². The summed E-state index contributed by atoms with van der Waals surface area (Å²) in [5, 5.41) is 14.3. The van der Waals surface area contributed by atoms with E-state index in [4.69, 9.17) is 18.5 Å². The van der Waals surface area contributed by atoms with Crippen molar-refractivity contribution in [2.24, 2.45) is 0 Å². The number of methoxy groups -OCH3 is 1. The minimum absolute atomic E-state index is 0.0322. The molecule has 0 radical (unpaired) electrons. The van der Waals surface area contributed by atoms with Gasteiger partial charge in [-0.1, -0.05) is 36.4 Å². The zero-order valence-electron chi connectivity index (χ0n) is 23.1. The molecule has 6 atom stereocenters. The number of carbonyl (C=O) groups excluding carboxylic acids is 1. The predicted octanol–water partition coefficient (Wildman–Crippen LogP) is 2.58. The van der Waals surface area contributed by atoms with E-state index in [2.05, 4.69) is 10.1 Å². The minimum atomic E-state index is -4.46. The van der Waals surface area contributed by atoms with Crippen molar-refractivity contribution in [3.8, 4) is 5.75 Å². The second-order valence-electron chi connectivity index (χ2n) is 10.1. The maximum Gasteiger partial charge on any atom is 0.459 e. The Labute approximate surface area is 244 Å². The van der Waals surface area contributed by atoms with Gasteiger partial charge in [0, 0.05) is 35.8 Å². The Bertz CT molecular complexity index is 1760. The molecule has 2 aromatic heterocycles. The van der Waals surface area contributed by atoms with Gasteiger partial charge in [0.05, 0.1) is 13.7 Å². The van der Waals surface area contributed by atoms with Crippen molar-refractivity contribution in [1.82, 2.24) is 19.6 Å². The Balaban J connectivity index is 1.40. The number of rotatable bonds is 11. The molecule has 4 N–H and O–H groups in total. The van der Waals surface area contributed by atoms with Crippen LogP contribution in [0.5, 0.6) is 5.75 Å². The highest BCUT2D eigenvalue weighted by Gasteiger charge is 2.56. The molecule has 15 heteroatoms. The lowest BCUT2D eigenvalue weighted by atomic mass is 9.98. The van der Waals surface area contributed by atoms with Gasteiger partial charge in [-0.15, -0.1) is 0 Å². The molecule has 0 amide bonds. The van der Waals surface area contributed by atoms with Crippen molar-refractivity contribution in [2.75, 3.05) is 13.7 Å². The summed E-state index contributed by atoms with van der Waals surface area (Å²) in [7, 11) is -3.28. The predicted molar refractivity (Wildman–Crippen MR) is 152 cm³/mol. The lowest BCUT2D eigenvalue weighted by Crippen LogP contribution is -2.44. The van der Waals surface area contributed by atoms with Gasteiger partial charge in [-0.3, -0.25) is 23.7 Å². The fourth-order valence-electron chi connectivity index (χ4n) is 4.88. The Hall–Kier alpha value is -4.07. The van der Waals surface area contributed by atoms with Crippen molar-refractivity contribution in [3.05, 3.63) is 99.5 Å². The number of aromatic nitrogens is 3. The number of aliphatic hydroxyl groups is 1. The monoisotopic (exact) mass is 616 g/mol. The van der Waals surface area contributed by atoms with E-state index in [0.717, 1.165) is 40.2 Å². The third kappa shape index (κ3) is 6.48. The van der Waals surface area contributed by atoms with Gasteiger partial charge < -0.3 is 24.1 Å². The topological polar surface area (TPSA) is 174 Å². The van der Waals surface area contributed by atoms with E-state index in [9.17, 15) is 24.1 Å². The summed E-state index contributed by atoms with van der Waals surface area (Å²) in [4.78, 5) is 41.8. The van der Waals surface area contributed by atoms with Crippen LogP contribution in [0, 0.1) is 0 Å². The molecule has 0 aliphatic carbocycles. The largest absolute Gasteiger partial charge is 0.468 e. The van der Waals surface area contributed by atoms with Crippen LogP contribution in [0.3, 0.4) is 0 Å². The van der Waals surface area contributed by atoms with Crippen molar-refractivity contribution >= 4 is 24.6 Å². The number of alkyl halides is 1. The zero-order chi connectivity index (χ0) is 30.8. The number of ether oxygens (including phenoxy) is 2. The summed E-state index contributed by atoms with van der Waals surface area (Å²) in [6.07, 6.45) is -2.13. The molecule has 4 aromatic rings. The normalized spacial score (nSPS) is 24.0. The van der Waals surface area contributed by atoms with E-state index in [0.29, 0.717) is 0 Å². The van der Waals surface area contributed by atoms with Crippen LogP contribution in [0.1, 0.15) is 18.7 Å². The molecule has 1 saturated heterocycles. The maximum atomic E-state index is 15.7. The van der Waals surface area contributed by atoms with Crippen LogP contribution in [0.25, 0.3) is 10.9 Å². The van der Waals surface area contributed by atoms with Gasteiger partial charge in [-0.2, -0.15) is 5.09 Å². The fraction of sp³-hybridized carbons (Fsp3) is 0.321. The van der Waals surface area contributed by atoms with Gasteiger partial charge in [0.15, 0.2) is 11.9 Å². The van der Waals surface area contributed by atoms with Gasteiger partial charge in [-0.25, -0.2) is 13.8 Å². The Morgan fingerprint density at radius 1 is 1.19 bits per heavy atom. The highest BCUT2D eigenvalue weighted by Crippen LogP contribution is 2.47. The summed E-state index contributed by atoms with van der Waals surface area (Å²) in [5.41, 5.74) is -2.61. The molecule has 0 spiro atoms. The quantitative estimate of drug-likeness (QED) is 0.145. The summed E-state index contributed by atoms with van der Waals surface area (Å²) < 4.78 is 52.6. The van der Waals surface area contributed by atoms with Crippen molar-refractivity contribution in [2.45, 2.75) is 43.5 Å². The number of hydrogen-bond donors (Lipinski definition) is 4. The average Bonchev–Trinajstić information content (AvgIpc) is 3.49. The SMILES string of the molecule is COC(=O)[C@H](Cc1c[nH]c2ccccc12)NP(=O)(OC[C@H]1O[C@@H](n2ccc(=O)[nH]c2=O)[C@](C)(F)[C@@H]1O)Oc1ccccc1. The summed E-state index contributed by atoms with van der Waals surface area (Å²) in [6, 6.07) is 15.2. The van der Waals surface area contributed by atoms with Crippen LogP contribution in [-0.4, -0.2) is 63.2 Å². The molecule has 0 saturated carbocycles. The number of nitrogens with one attached hydrogen (secondary N) is 3. The first-order chi connectivity index (χ1) is 20.5. The molecular weight excluding hydrogens is 586 g/mol. The molecule has 1 aliphatic rings. The molecule has 5 rings (SSSR count). The number of carbonyl (C=O) groups is 1. The molecule has 2 aromatic carbocycles. The van der Waals surface area contributed by atoms with Crippen LogP contribution in [0.15, 0.2) is 82.6 Å². The van der Waals surface area contributed by atoms with Crippen LogP contribution < -0.4 is 20.9 Å². The number of aromatic amines is 2. The van der Waals surface area contributed by atoms with E-state index >= 15 is 4.39 Å². The first-order valence-electron chi connectivity index (χ1n) is 13.2.